The molecule has 3 rings (SSSR count). The second kappa shape index (κ2) is 6.20. The number of nitrogens with zero attached hydrogens (tertiary/aromatic N) is 1. The molecule has 24 heavy (non-hydrogen) atoms. The summed E-state index contributed by atoms with van der Waals surface area (Å²) >= 11 is 0. The molecule has 1 aliphatic rings. The maximum atomic E-state index is 12.8. The maximum Gasteiger partial charge on any atom is 0.290 e. The van der Waals surface area contributed by atoms with Crippen molar-refractivity contribution in [2.75, 3.05) is 6.54 Å². The van der Waals surface area contributed by atoms with E-state index in [1.807, 2.05) is 31.2 Å². The van der Waals surface area contributed by atoms with Gasteiger partial charge in [-0.25, -0.2) is 0 Å². The first kappa shape index (κ1) is 15.8. The van der Waals surface area contributed by atoms with Crippen molar-refractivity contribution < 1.29 is 19.1 Å². The van der Waals surface area contributed by atoms with Crippen LogP contribution in [0.1, 0.15) is 27.7 Å². The first-order chi connectivity index (χ1) is 11.5. The Hall–Kier alpha value is -3.08. The third kappa shape index (κ3) is 2.54. The van der Waals surface area contributed by atoms with Gasteiger partial charge in [-0.05, 0) is 24.6 Å². The topological polar surface area (TPSA) is 70.8 Å². The molecular formula is C19H17NO4. The molecule has 0 saturated heterocycles. The van der Waals surface area contributed by atoms with Gasteiger partial charge in [-0.3, -0.25) is 9.59 Å². The number of rotatable bonds is 5. The Morgan fingerprint density at radius 2 is 2.17 bits per heavy atom. The Labute approximate surface area is 139 Å². The van der Waals surface area contributed by atoms with E-state index >= 15 is 0 Å². The van der Waals surface area contributed by atoms with Crippen molar-refractivity contribution in [2.45, 2.75) is 13.0 Å². The van der Waals surface area contributed by atoms with Crippen molar-refractivity contribution in [2.24, 2.45) is 0 Å². The van der Waals surface area contributed by atoms with Gasteiger partial charge in [0, 0.05) is 6.54 Å². The van der Waals surface area contributed by atoms with E-state index in [1.165, 1.54) is 17.2 Å². The summed E-state index contributed by atoms with van der Waals surface area (Å²) in [5.74, 6) is -1.53. The highest BCUT2D eigenvalue weighted by atomic mass is 16.3. The SMILES string of the molecule is C=CCN1C(=O)C(O)=C(C(=O)c2ccco2)C1c1cccc(C)c1. The van der Waals surface area contributed by atoms with Gasteiger partial charge in [0.25, 0.3) is 5.91 Å². The highest BCUT2D eigenvalue weighted by molar-refractivity contribution is 6.15. The minimum atomic E-state index is -0.673. The van der Waals surface area contributed by atoms with Crippen molar-refractivity contribution in [3.05, 3.63) is 83.5 Å². The minimum absolute atomic E-state index is 0.0300. The smallest absolute Gasteiger partial charge is 0.290 e. The standard InChI is InChI=1S/C19H17NO4/c1-3-9-20-16(13-7-4-6-12(2)11-13)15(18(22)19(20)23)17(21)14-8-5-10-24-14/h3-8,10-11,16,22H,1,9H2,2H3. The van der Waals surface area contributed by atoms with Gasteiger partial charge in [-0.15, -0.1) is 6.58 Å². The summed E-state index contributed by atoms with van der Waals surface area (Å²) in [4.78, 5) is 26.6. The first-order valence-corrected chi connectivity index (χ1v) is 7.54. The van der Waals surface area contributed by atoms with Crippen LogP contribution in [0.5, 0.6) is 0 Å². The van der Waals surface area contributed by atoms with E-state index in [0.29, 0.717) is 0 Å². The Morgan fingerprint density at radius 1 is 1.38 bits per heavy atom. The molecule has 1 aliphatic heterocycles. The van der Waals surface area contributed by atoms with E-state index in [9.17, 15) is 14.7 Å². The van der Waals surface area contributed by atoms with Crippen LogP contribution in [-0.2, 0) is 4.79 Å². The van der Waals surface area contributed by atoms with E-state index in [1.54, 1.807) is 12.1 Å². The van der Waals surface area contributed by atoms with Crippen molar-refractivity contribution in [3.63, 3.8) is 0 Å². The van der Waals surface area contributed by atoms with Crippen LogP contribution >= 0.6 is 0 Å². The predicted molar refractivity (Wildman–Crippen MR) is 88.5 cm³/mol. The number of aliphatic hydroxyl groups excluding tert-OH is 1. The highest BCUT2D eigenvalue weighted by Gasteiger charge is 2.43. The van der Waals surface area contributed by atoms with Gasteiger partial charge >= 0.3 is 0 Å². The Kier molecular flexibility index (Phi) is 4.08. The van der Waals surface area contributed by atoms with Gasteiger partial charge in [-0.1, -0.05) is 35.9 Å². The fourth-order valence-electron chi connectivity index (χ4n) is 2.94. The molecule has 0 fully saturated rings. The minimum Gasteiger partial charge on any atom is -0.503 e. The first-order valence-electron chi connectivity index (χ1n) is 7.54. The molecule has 0 bridgehead atoms. The molecule has 2 aromatic rings. The molecule has 2 heterocycles. The summed E-state index contributed by atoms with van der Waals surface area (Å²) in [5.41, 5.74) is 1.78. The van der Waals surface area contributed by atoms with Crippen molar-refractivity contribution in [1.82, 2.24) is 4.90 Å². The third-order valence-corrected chi connectivity index (χ3v) is 3.98. The van der Waals surface area contributed by atoms with Crippen molar-refractivity contribution in [3.8, 4) is 0 Å². The number of carbonyl (C=O) groups is 2. The lowest BCUT2D eigenvalue weighted by atomic mass is 9.94. The van der Waals surface area contributed by atoms with Gasteiger partial charge in [0.2, 0.25) is 5.78 Å². The van der Waals surface area contributed by atoms with E-state index in [-0.39, 0.29) is 17.9 Å². The lowest BCUT2D eigenvalue weighted by Crippen LogP contribution is -2.31. The van der Waals surface area contributed by atoms with E-state index in [0.717, 1.165) is 11.1 Å². The summed E-state index contributed by atoms with van der Waals surface area (Å²) in [5, 5.41) is 10.3. The fraction of sp³-hybridized carbons (Fsp3) is 0.158. The lowest BCUT2D eigenvalue weighted by molar-refractivity contribution is -0.128. The molecule has 0 aliphatic carbocycles. The van der Waals surface area contributed by atoms with Gasteiger partial charge in [0.15, 0.2) is 11.5 Å². The average molecular weight is 323 g/mol. The number of Topliss-reactive ketones (excluding diaryl/α,β-unsaturated/α-hetero) is 1. The molecule has 1 N–H and O–H groups in total. The van der Waals surface area contributed by atoms with Crippen molar-refractivity contribution in [1.29, 1.82) is 0 Å². The average Bonchev–Trinajstić information content (AvgIpc) is 3.17. The number of amides is 1. The lowest BCUT2D eigenvalue weighted by Gasteiger charge is -2.25. The molecule has 0 radical (unpaired) electrons. The van der Waals surface area contributed by atoms with Crippen LogP contribution < -0.4 is 0 Å². The van der Waals surface area contributed by atoms with Crippen LogP contribution in [0.4, 0.5) is 0 Å². The predicted octanol–water partition coefficient (Wildman–Crippen LogP) is 3.35. The van der Waals surface area contributed by atoms with E-state index < -0.39 is 23.5 Å². The zero-order chi connectivity index (χ0) is 17.3. The van der Waals surface area contributed by atoms with Crippen LogP contribution in [0.25, 0.3) is 0 Å². The Bertz CT molecular complexity index is 833. The molecular weight excluding hydrogens is 306 g/mol. The summed E-state index contributed by atoms with van der Waals surface area (Å²) in [6.45, 7) is 5.80. The molecule has 5 nitrogen and oxygen atoms in total. The molecule has 1 aromatic heterocycles. The monoisotopic (exact) mass is 323 g/mol. The fourth-order valence-corrected chi connectivity index (χ4v) is 2.94. The number of furan rings is 1. The number of benzene rings is 1. The van der Waals surface area contributed by atoms with Crippen LogP contribution in [0.2, 0.25) is 0 Å². The number of ketones is 1. The van der Waals surface area contributed by atoms with Crippen LogP contribution in [0, 0.1) is 6.92 Å². The van der Waals surface area contributed by atoms with E-state index in [2.05, 4.69) is 6.58 Å². The quantitative estimate of drug-likeness (QED) is 0.676. The maximum absolute atomic E-state index is 12.8. The largest absolute Gasteiger partial charge is 0.503 e. The highest BCUT2D eigenvalue weighted by Crippen LogP contribution is 2.39. The molecule has 1 amide bonds. The second-order valence-corrected chi connectivity index (χ2v) is 5.63. The zero-order valence-electron chi connectivity index (χ0n) is 13.2. The normalized spacial score (nSPS) is 17.5. The molecule has 1 aromatic carbocycles. The molecule has 5 heteroatoms. The summed E-state index contributed by atoms with van der Waals surface area (Å²) in [6.07, 6.45) is 2.94. The Balaban J connectivity index is 2.13. The van der Waals surface area contributed by atoms with Gasteiger partial charge in [-0.2, -0.15) is 0 Å². The zero-order valence-corrected chi connectivity index (χ0v) is 13.2. The summed E-state index contributed by atoms with van der Waals surface area (Å²) in [7, 11) is 0. The van der Waals surface area contributed by atoms with Gasteiger partial charge in [0.1, 0.15) is 0 Å². The third-order valence-electron chi connectivity index (χ3n) is 3.98. The van der Waals surface area contributed by atoms with Crippen molar-refractivity contribution >= 4 is 11.7 Å². The van der Waals surface area contributed by atoms with Gasteiger partial charge in [0.05, 0.1) is 17.9 Å². The molecule has 1 unspecified atom stereocenters. The number of aryl methyl sites for hydroxylation is 1. The second-order valence-electron chi connectivity index (χ2n) is 5.63. The van der Waals surface area contributed by atoms with Crippen LogP contribution in [0.15, 0.2) is 71.1 Å². The molecule has 0 saturated carbocycles. The van der Waals surface area contributed by atoms with Crippen LogP contribution in [0.3, 0.4) is 0 Å². The number of hydrogen-bond donors (Lipinski definition) is 1. The number of hydrogen-bond acceptors (Lipinski definition) is 4. The summed E-state index contributed by atoms with van der Waals surface area (Å²) in [6, 6.07) is 9.92. The van der Waals surface area contributed by atoms with Gasteiger partial charge < -0.3 is 14.4 Å². The number of aliphatic hydroxyl groups is 1. The Morgan fingerprint density at radius 3 is 2.79 bits per heavy atom. The summed E-state index contributed by atoms with van der Waals surface area (Å²) < 4.78 is 5.15. The molecule has 1 atom stereocenters. The van der Waals surface area contributed by atoms with E-state index in [4.69, 9.17) is 4.42 Å². The number of carbonyl (C=O) groups excluding carboxylic acids is 2. The molecule has 0 spiro atoms. The van der Waals surface area contributed by atoms with Crippen LogP contribution in [-0.4, -0.2) is 28.2 Å². The molecule has 122 valence electrons.